The van der Waals surface area contributed by atoms with Crippen LogP contribution in [0.4, 0.5) is 41.9 Å². The van der Waals surface area contributed by atoms with Crippen molar-refractivity contribution in [1.82, 2.24) is 0 Å². The van der Waals surface area contributed by atoms with Crippen LogP contribution in [0.5, 0.6) is 0 Å². The summed E-state index contributed by atoms with van der Waals surface area (Å²) in [5, 5.41) is 41.7. The molecule has 0 aromatic heterocycles. The van der Waals surface area contributed by atoms with E-state index in [0.717, 1.165) is 37.0 Å². The predicted molar refractivity (Wildman–Crippen MR) is 357 cm³/mol. The number of benzene rings is 4. The third-order valence-corrected chi connectivity index (χ3v) is 15.2. The molecule has 0 aliphatic heterocycles. The Kier molecular flexibility index (Phi) is 48.9. The third-order valence-electron chi connectivity index (χ3n) is 12.3. The van der Waals surface area contributed by atoms with Gasteiger partial charge in [0.15, 0.2) is 0 Å². The molecule has 0 aliphatic carbocycles. The van der Waals surface area contributed by atoms with Crippen molar-refractivity contribution in [3.05, 3.63) is 111 Å². The Morgan fingerprint density at radius 1 is 0.333 bits per heavy atom. The molecule has 4 amide bonds. The zero-order valence-electron chi connectivity index (χ0n) is 48.0. The van der Waals surface area contributed by atoms with Crippen molar-refractivity contribution in [1.29, 1.82) is 0 Å². The van der Waals surface area contributed by atoms with Crippen molar-refractivity contribution in [2.24, 2.45) is 0 Å². The number of hydrogen-bond acceptors (Lipinski definition) is 6. The van der Waals surface area contributed by atoms with Crippen molar-refractivity contribution in [2.45, 2.75) is 158 Å². The zero-order valence-corrected chi connectivity index (χ0v) is 56.6. The number of hydrogen-bond donors (Lipinski definition) is 6. The van der Waals surface area contributed by atoms with E-state index >= 15 is 0 Å². The van der Waals surface area contributed by atoms with Crippen LogP contribution in [-0.4, -0.2) is 95.9 Å². The van der Waals surface area contributed by atoms with Gasteiger partial charge >= 0.3 is 12.1 Å². The van der Waals surface area contributed by atoms with Gasteiger partial charge in [0, 0.05) is 37.0 Å². The van der Waals surface area contributed by atoms with E-state index in [-0.39, 0.29) is 12.1 Å². The molecule has 0 bridgehead atoms. The molecule has 6 N–H and O–H groups in total. The monoisotopic (exact) mass is 1530 g/mol. The second-order valence-electron chi connectivity index (χ2n) is 19.0. The molecule has 14 nitrogen and oxygen atoms in total. The largest absolute Gasteiger partial charge is 0.565 e. The molecular formula is C60H94I4N6O8. The Morgan fingerprint density at radius 3 is 0.577 bits per heavy atom. The Labute approximate surface area is 524 Å². The van der Waals surface area contributed by atoms with E-state index in [0.29, 0.717) is 0 Å². The van der Waals surface area contributed by atoms with Gasteiger partial charge in [-0.15, -0.1) is 0 Å². The number of urea groups is 2. The summed E-state index contributed by atoms with van der Waals surface area (Å²) in [7, 11) is 0. The normalized spacial score (nSPS) is 10.4. The quantitative estimate of drug-likeness (QED) is 0.0238. The fourth-order valence-corrected chi connectivity index (χ4v) is 9.45. The van der Waals surface area contributed by atoms with Gasteiger partial charge in [0.25, 0.3) is 0 Å². The average molecular weight is 1540 g/mol. The molecular weight excluding hydrogens is 1440 g/mol. The number of rotatable bonds is 28. The standard InChI is InChI=1S/2C16H36N.2C13H10I2N2O.2CH2O3/c2*1-5-9-13-17(14-10-6-2,15-11-7-3)16-12-8-4;2*14-9-1-5-11(6-2-9)16-13(18)17-12-7-3-10(15)4-8-12;2*2-1(3)4/h2*5-16H2,1-4H3;2*1-8H,(H2,16,17,18);2*(H2,2,3,4)/q2*+1;;;;/p-2. The van der Waals surface area contributed by atoms with Crippen LogP contribution in [0.25, 0.3) is 0 Å². The smallest absolute Gasteiger partial charge is 0.323 e. The number of carbonyl (C=O) groups is 4. The maximum Gasteiger partial charge on any atom is 0.323 e. The summed E-state index contributed by atoms with van der Waals surface area (Å²) in [5.74, 6) is 0. The summed E-state index contributed by atoms with van der Waals surface area (Å²) >= 11 is 8.89. The SMILES string of the molecule is CCCC[N+](CCCC)(CCCC)CCCC.CCCC[N+](CCCC)(CCCC)CCCC.O=C(Nc1ccc(I)cc1)Nc1ccc(I)cc1.O=C(Nc1ccc(I)cc1)Nc1ccc(I)cc1.O=C([O-])O.O=C([O-])O. The number of halogens is 4. The fraction of sp³-hybridized carbons (Fsp3) is 0.533. The summed E-state index contributed by atoms with van der Waals surface area (Å²) in [6.45, 7) is 30.0. The minimum Gasteiger partial charge on any atom is -0.565 e. The number of unbranched alkanes of at least 4 members (excludes halogenated alkanes) is 8. The number of carbonyl (C=O) groups excluding carboxylic acids is 2. The van der Waals surface area contributed by atoms with Gasteiger partial charge < -0.3 is 60.2 Å². The van der Waals surface area contributed by atoms with Crippen molar-refractivity contribution >= 4 is 137 Å². The molecule has 4 aromatic rings. The van der Waals surface area contributed by atoms with Crippen LogP contribution in [0, 0.1) is 14.3 Å². The van der Waals surface area contributed by atoms with Crippen LogP contribution in [0.3, 0.4) is 0 Å². The molecule has 18 heteroatoms. The molecule has 0 saturated carbocycles. The lowest BCUT2D eigenvalue weighted by Crippen LogP contribution is -2.50. The van der Waals surface area contributed by atoms with E-state index in [2.05, 4.69) is 167 Å². The van der Waals surface area contributed by atoms with Crippen molar-refractivity contribution in [3.8, 4) is 0 Å². The minimum atomic E-state index is -2.08. The highest BCUT2D eigenvalue weighted by Crippen LogP contribution is 2.19. The molecule has 0 fully saturated rings. The first-order valence-electron chi connectivity index (χ1n) is 27.9. The summed E-state index contributed by atoms with van der Waals surface area (Å²) < 4.78 is 7.38. The Morgan fingerprint density at radius 2 is 0.462 bits per heavy atom. The van der Waals surface area contributed by atoms with Gasteiger partial charge in [-0.05, 0) is 239 Å². The average Bonchev–Trinajstić information content (AvgIpc) is 3.40. The van der Waals surface area contributed by atoms with Crippen LogP contribution < -0.4 is 31.5 Å². The lowest BCUT2D eigenvalue weighted by atomic mass is 10.1. The third kappa shape index (κ3) is 43.6. The van der Waals surface area contributed by atoms with Gasteiger partial charge in [-0.3, -0.25) is 0 Å². The summed E-state index contributed by atoms with van der Waals surface area (Å²) in [5.41, 5.74) is 3.11. The molecule has 78 heavy (non-hydrogen) atoms. The van der Waals surface area contributed by atoms with Crippen LogP contribution in [-0.2, 0) is 0 Å². The second-order valence-corrected chi connectivity index (χ2v) is 24.0. The molecule has 4 aromatic carbocycles. The fourth-order valence-electron chi connectivity index (χ4n) is 8.01. The number of quaternary nitrogens is 2. The molecule has 0 aliphatic rings. The van der Waals surface area contributed by atoms with Gasteiger partial charge in [0.2, 0.25) is 12.3 Å². The number of nitrogens with zero attached hydrogens (tertiary/aromatic N) is 2. The Bertz CT molecular complexity index is 1790. The first-order valence-corrected chi connectivity index (χ1v) is 32.2. The summed E-state index contributed by atoms with van der Waals surface area (Å²) in [6.07, 6.45) is 18.0. The number of carboxylic acid groups (broad SMARTS) is 4. The predicted octanol–water partition coefficient (Wildman–Crippen LogP) is 16.9. The van der Waals surface area contributed by atoms with E-state index < -0.39 is 12.3 Å². The first kappa shape index (κ1) is 76.9. The van der Waals surface area contributed by atoms with E-state index in [4.69, 9.17) is 30.0 Å². The number of amides is 4. The van der Waals surface area contributed by atoms with Gasteiger partial charge in [-0.25, -0.2) is 9.59 Å². The Hall–Kier alpha value is -3.20. The van der Waals surface area contributed by atoms with Gasteiger partial charge in [0.05, 0.1) is 52.4 Å². The molecule has 4 rings (SSSR count). The summed E-state index contributed by atoms with van der Waals surface area (Å²) in [6, 6.07) is 30.0. The maximum absolute atomic E-state index is 11.7. The second kappa shape index (κ2) is 49.6. The molecule has 0 spiro atoms. The van der Waals surface area contributed by atoms with Crippen LogP contribution in [0.15, 0.2) is 97.1 Å². The molecule has 0 saturated heterocycles. The minimum absolute atomic E-state index is 0.239. The number of nitrogens with one attached hydrogen (secondary N) is 4. The van der Waals surface area contributed by atoms with Gasteiger partial charge in [-0.1, -0.05) is 107 Å². The molecule has 0 radical (unpaired) electrons. The van der Waals surface area contributed by atoms with E-state index in [1.807, 2.05) is 97.1 Å². The van der Waals surface area contributed by atoms with Crippen molar-refractivity contribution in [3.63, 3.8) is 0 Å². The summed E-state index contributed by atoms with van der Waals surface area (Å²) in [4.78, 5) is 40.3. The maximum atomic E-state index is 11.7. The van der Waals surface area contributed by atoms with Crippen molar-refractivity contribution < 1.29 is 48.6 Å². The van der Waals surface area contributed by atoms with E-state index in [1.165, 1.54) is 164 Å². The highest BCUT2D eigenvalue weighted by molar-refractivity contribution is 14.1. The molecule has 0 unspecified atom stereocenters. The van der Waals surface area contributed by atoms with E-state index in [1.54, 1.807) is 0 Å². The van der Waals surface area contributed by atoms with Crippen LogP contribution >= 0.6 is 90.4 Å². The van der Waals surface area contributed by atoms with E-state index in [9.17, 15) is 9.59 Å². The highest BCUT2D eigenvalue weighted by Gasteiger charge is 2.26. The van der Waals surface area contributed by atoms with Gasteiger partial charge in [-0.2, -0.15) is 0 Å². The lowest BCUT2D eigenvalue weighted by Gasteiger charge is -2.39. The molecule has 440 valence electrons. The van der Waals surface area contributed by atoms with Crippen LogP contribution in [0.2, 0.25) is 0 Å². The van der Waals surface area contributed by atoms with Gasteiger partial charge in [0.1, 0.15) is 0 Å². The topological polar surface area (TPSA) is 203 Å². The zero-order chi connectivity index (χ0) is 59.0. The highest BCUT2D eigenvalue weighted by atomic mass is 127. The Balaban J connectivity index is 0. The van der Waals surface area contributed by atoms with Crippen LogP contribution in [0.1, 0.15) is 158 Å². The lowest BCUT2D eigenvalue weighted by molar-refractivity contribution is -0.929. The molecule has 0 heterocycles. The molecule has 0 atom stereocenters. The number of anilines is 4. The van der Waals surface area contributed by atoms with Crippen molar-refractivity contribution in [2.75, 3.05) is 73.6 Å². The first-order chi connectivity index (χ1) is 37.2.